The van der Waals surface area contributed by atoms with E-state index in [-0.39, 0.29) is 17.9 Å². The quantitative estimate of drug-likeness (QED) is 0.433. The SMILES string of the molecule is CCOC(=O)c1c(-c2ccccc2)csc1NC(=O)CCc1ccc(C(C)(C)C)cc1. The van der Waals surface area contributed by atoms with Gasteiger partial charge in [-0.15, -0.1) is 11.3 Å². The molecule has 162 valence electrons. The maximum absolute atomic E-state index is 12.6. The minimum Gasteiger partial charge on any atom is -0.462 e. The Morgan fingerprint density at radius 3 is 2.29 bits per heavy atom. The van der Waals surface area contributed by atoms with Gasteiger partial charge in [0.05, 0.1) is 6.61 Å². The van der Waals surface area contributed by atoms with Gasteiger partial charge in [-0.05, 0) is 35.4 Å². The molecule has 0 aliphatic rings. The highest BCUT2D eigenvalue weighted by Gasteiger charge is 2.22. The molecule has 0 unspecified atom stereocenters. The summed E-state index contributed by atoms with van der Waals surface area (Å²) >= 11 is 1.35. The molecule has 1 aromatic heterocycles. The lowest BCUT2D eigenvalue weighted by atomic mass is 9.86. The van der Waals surface area contributed by atoms with E-state index in [2.05, 4.69) is 50.4 Å². The molecule has 0 radical (unpaired) electrons. The molecule has 3 aromatic rings. The second-order valence-corrected chi connectivity index (χ2v) is 9.31. The van der Waals surface area contributed by atoms with Crippen LogP contribution in [0.1, 0.15) is 55.6 Å². The summed E-state index contributed by atoms with van der Waals surface area (Å²) in [6.07, 6.45) is 0.984. The lowest BCUT2D eigenvalue weighted by molar-refractivity contribution is -0.116. The van der Waals surface area contributed by atoms with Crippen LogP contribution in [0.2, 0.25) is 0 Å². The number of hydrogen-bond acceptors (Lipinski definition) is 4. The van der Waals surface area contributed by atoms with E-state index in [1.807, 2.05) is 35.7 Å². The highest BCUT2D eigenvalue weighted by Crippen LogP contribution is 2.36. The number of ether oxygens (including phenoxy) is 1. The maximum atomic E-state index is 12.6. The van der Waals surface area contributed by atoms with Gasteiger partial charge in [0.15, 0.2) is 0 Å². The zero-order valence-electron chi connectivity index (χ0n) is 18.5. The van der Waals surface area contributed by atoms with Crippen LogP contribution in [-0.4, -0.2) is 18.5 Å². The highest BCUT2D eigenvalue weighted by atomic mass is 32.1. The van der Waals surface area contributed by atoms with Crippen LogP contribution in [-0.2, 0) is 21.4 Å². The summed E-state index contributed by atoms with van der Waals surface area (Å²) < 4.78 is 5.25. The minimum atomic E-state index is -0.421. The normalized spacial score (nSPS) is 11.2. The summed E-state index contributed by atoms with van der Waals surface area (Å²) in [5.74, 6) is -0.539. The molecule has 3 rings (SSSR count). The van der Waals surface area contributed by atoms with Gasteiger partial charge >= 0.3 is 5.97 Å². The van der Waals surface area contributed by atoms with Crippen molar-refractivity contribution < 1.29 is 14.3 Å². The van der Waals surface area contributed by atoms with Crippen molar-refractivity contribution in [1.29, 1.82) is 0 Å². The number of nitrogens with one attached hydrogen (secondary N) is 1. The number of carbonyl (C=O) groups is 2. The third-order valence-electron chi connectivity index (χ3n) is 5.07. The molecular weight excluding hydrogens is 406 g/mol. The van der Waals surface area contributed by atoms with Crippen LogP contribution in [0.4, 0.5) is 5.00 Å². The van der Waals surface area contributed by atoms with Crippen LogP contribution in [0.25, 0.3) is 11.1 Å². The predicted molar refractivity (Wildman–Crippen MR) is 128 cm³/mol. The van der Waals surface area contributed by atoms with E-state index < -0.39 is 5.97 Å². The fourth-order valence-corrected chi connectivity index (χ4v) is 4.28. The van der Waals surface area contributed by atoms with Crippen molar-refractivity contribution in [3.63, 3.8) is 0 Å². The molecule has 1 amide bonds. The first kappa shape index (κ1) is 22.8. The van der Waals surface area contributed by atoms with E-state index in [0.717, 1.165) is 16.7 Å². The number of aryl methyl sites for hydroxylation is 1. The monoisotopic (exact) mass is 435 g/mol. The summed E-state index contributed by atoms with van der Waals surface area (Å²) in [5.41, 5.74) is 4.60. The first-order valence-corrected chi connectivity index (χ1v) is 11.4. The third kappa shape index (κ3) is 5.82. The van der Waals surface area contributed by atoms with Crippen LogP contribution < -0.4 is 5.32 Å². The number of esters is 1. The second-order valence-electron chi connectivity index (χ2n) is 8.44. The molecule has 0 fully saturated rings. The Hall–Kier alpha value is -2.92. The topological polar surface area (TPSA) is 55.4 Å². The van der Waals surface area contributed by atoms with Crippen LogP contribution in [0.5, 0.6) is 0 Å². The van der Waals surface area contributed by atoms with E-state index in [0.29, 0.717) is 23.4 Å². The molecule has 2 aromatic carbocycles. The largest absolute Gasteiger partial charge is 0.462 e. The van der Waals surface area contributed by atoms with Crippen molar-refractivity contribution >= 4 is 28.2 Å². The van der Waals surface area contributed by atoms with E-state index in [1.165, 1.54) is 16.9 Å². The summed E-state index contributed by atoms with van der Waals surface area (Å²) in [5, 5.41) is 5.35. The zero-order chi connectivity index (χ0) is 22.4. The molecule has 4 nitrogen and oxygen atoms in total. The molecule has 0 saturated carbocycles. The average molecular weight is 436 g/mol. The summed E-state index contributed by atoms with van der Waals surface area (Å²) in [4.78, 5) is 25.3. The van der Waals surface area contributed by atoms with E-state index in [9.17, 15) is 9.59 Å². The Labute approximate surface area is 188 Å². The van der Waals surface area contributed by atoms with Crippen molar-refractivity contribution in [2.24, 2.45) is 0 Å². The number of rotatable bonds is 7. The lowest BCUT2D eigenvalue weighted by Gasteiger charge is -2.19. The van der Waals surface area contributed by atoms with Crippen molar-refractivity contribution in [2.45, 2.75) is 46.0 Å². The molecule has 0 bridgehead atoms. The van der Waals surface area contributed by atoms with E-state index >= 15 is 0 Å². The van der Waals surface area contributed by atoms with Crippen LogP contribution in [0.3, 0.4) is 0 Å². The molecule has 0 aliphatic carbocycles. The standard InChI is InChI=1S/C26H29NO3S/c1-5-30-25(29)23-21(19-9-7-6-8-10-19)17-31-24(23)27-22(28)16-13-18-11-14-20(15-12-18)26(2,3)4/h6-12,14-15,17H,5,13,16H2,1-4H3,(H,27,28). The van der Waals surface area contributed by atoms with Crippen molar-refractivity contribution in [1.82, 2.24) is 0 Å². The molecule has 0 aliphatic heterocycles. The van der Waals surface area contributed by atoms with Crippen molar-refractivity contribution in [3.8, 4) is 11.1 Å². The Bertz CT molecular complexity index is 1030. The Morgan fingerprint density at radius 1 is 1.00 bits per heavy atom. The van der Waals surface area contributed by atoms with Gasteiger partial charge in [-0.25, -0.2) is 4.79 Å². The highest BCUT2D eigenvalue weighted by molar-refractivity contribution is 7.15. The number of amides is 1. The number of hydrogen-bond donors (Lipinski definition) is 1. The molecule has 1 N–H and O–H groups in total. The lowest BCUT2D eigenvalue weighted by Crippen LogP contribution is -2.15. The smallest absolute Gasteiger partial charge is 0.341 e. The Balaban J connectivity index is 1.72. The van der Waals surface area contributed by atoms with Gasteiger partial charge in [0.25, 0.3) is 0 Å². The van der Waals surface area contributed by atoms with Crippen molar-refractivity contribution in [2.75, 3.05) is 11.9 Å². The predicted octanol–water partition coefficient (Wildman–Crippen LogP) is 6.46. The molecular formula is C26H29NO3S. The number of benzene rings is 2. The first-order chi connectivity index (χ1) is 14.8. The van der Waals surface area contributed by atoms with Crippen LogP contribution >= 0.6 is 11.3 Å². The summed E-state index contributed by atoms with van der Waals surface area (Å²) in [7, 11) is 0. The van der Waals surface area contributed by atoms with Gasteiger partial charge < -0.3 is 10.1 Å². The van der Waals surface area contributed by atoms with Crippen LogP contribution in [0.15, 0.2) is 60.0 Å². The van der Waals surface area contributed by atoms with Gasteiger partial charge in [0.2, 0.25) is 5.91 Å². The molecule has 31 heavy (non-hydrogen) atoms. The fourth-order valence-electron chi connectivity index (χ4n) is 3.30. The summed E-state index contributed by atoms with van der Waals surface area (Å²) in [6.45, 7) is 8.60. The first-order valence-electron chi connectivity index (χ1n) is 10.5. The van der Waals surface area contributed by atoms with Gasteiger partial charge in [-0.2, -0.15) is 0 Å². The fraction of sp³-hybridized carbons (Fsp3) is 0.308. The van der Waals surface area contributed by atoms with Gasteiger partial charge in [0, 0.05) is 17.4 Å². The van der Waals surface area contributed by atoms with E-state index in [1.54, 1.807) is 6.92 Å². The van der Waals surface area contributed by atoms with Gasteiger partial charge in [0.1, 0.15) is 10.6 Å². The molecule has 0 spiro atoms. The Morgan fingerprint density at radius 2 is 1.68 bits per heavy atom. The van der Waals surface area contributed by atoms with Gasteiger partial charge in [-0.1, -0.05) is 75.4 Å². The van der Waals surface area contributed by atoms with Crippen LogP contribution in [0, 0.1) is 0 Å². The average Bonchev–Trinajstić information content (AvgIpc) is 3.16. The number of thiophene rings is 1. The number of anilines is 1. The van der Waals surface area contributed by atoms with Gasteiger partial charge in [-0.3, -0.25) is 4.79 Å². The van der Waals surface area contributed by atoms with E-state index in [4.69, 9.17) is 4.74 Å². The second kappa shape index (κ2) is 9.92. The molecule has 5 heteroatoms. The molecule has 0 saturated heterocycles. The minimum absolute atomic E-state index is 0.106. The zero-order valence-corrected chi connectivity index (χ0v) is 19.3. The summed E-state index contributed by atoms with van der Waals surface area (Å²) in [6, 6.07) is 18.1. The third-order valence-corrected chi connectivity index (χ3v) is 5.96. The molecule has 0 atom stereocenters. The maximum Gasteiger partial charge on any atom is 0.341 e. The van der Waals surface area contributed by atoms with Crippen molar-refractivity contribution in [3.05, 3.63) is 76.7 Å². The Kier molecular flexibility index (Phi) is 7.29. The molecule has 1 heterocycles. The number of carbonyl (C=O) groups excluding carboxylic acids is 2.